The molecule has 2 N–H and O–H groups in total. The maximum Gasteiger partial charge on any atom is 0.338 e. The van der Waals surface area contributed by atoms with Crippen LogP contribution in [0.2, 0.25) is 0 Å². The van der Waals surface area contributed by atoms with E-state index in [9.17, 15) is 9.18 Å². The van der Waals surface area contributed by atoms with Crippen molar-refractivity contribution in [2.24, 2.45) is 0 Å². The lowest BCUT2D eigenvalue weighted by molar-refractivity contribution is 0.0691. The number of aromatic nitrogens is 1. The summed E-state index contributed by atoms with van der Waals surface area (Å²) in [5, 5.41) is 11.7. The zero-order valence-electron chi connectivity index (χ0n) is 9.15. The molecule has 2 rings (SSSR count). The molecule has 1 fully saturated rings. The van der Waals surface area contributed by atoms with Crippen LogP contribution in [-0.2, 0) is 4.74 Å². The third kappa shape index (κ3) is 2.71. The van der Waals surface area contributed by atoms with Crippen molar-refractivity contribution in [2.45, 2.75) is 18.9 Å². The first-order chi connectivity index (χ1) is 8.18. The Labute approximate surface area is 97.6 Å². The summed E-state index contributed by atoms with van der Waals surface area (Å²) >= 11 is 0. The van der Waals surface area contributed by atoms with Crippen LogP contribution in [0, 0.1) is 5.82 Å². The summed E-state index contributed by atoms with van der Waals surface area (Å²) in [6.07, 6.45) is 2.81. The molecule has 6 heteroatoms. The van der Waals surface area contributed by atoms with Crippen molar-refractivity contribution in [3.8, 4) is 0 Å². The maximum absolute atomic E-state index is 13.7. The van der Waals surface area contributed by atoms with Crippen LogP contribution in [0.5, 0.6) is 0 Å². The SMILES string of the molecule is O=C(O)c1ccnc(NC2CCOCC2)c1F. The van der Waals surface area contributed by atoms with E-state index >= 15 is 0 Å². The molecular weight excluding hydrogens is 227 g/mol. The summed E-state index contributed by atoms with van der Waals surface area (Å²) in [6.45, 7) is 1.25. The highest BCUT2D eigenvalue weighted by Crippen LogP contribution is 2.18. The van der Waals surface area contributed by atoms with Crippen molar-refractivity contribution in [1.29, 1.82) is 0 Å². The Hall–Kier alpha value is -1.69. The Kier molecular flexibility index (Phi) is 3.53. The summed E-state index contributed by atoms with van der Waals surface area (Å²) in [5.41, 5.74) is -0.366. The van der Waals surface area contributed by atoms with Crippen molar-refractivity contribution >= 4 is 11.8 Å². The highest BCUT2D eigenvalue weighted by molar-refractivity contribution is 5.88. The van der Waals surface area contributed by atoms with Gasteiger partial charge in [0.25, 0.3) is 0 Å². The Morgan fingerprint density at radius 3 is 2.88 bits per heavy atom. The minimum atomic E-state index is -1.29. The van der Waals surface area contributed by atoms with Gasteiger partial charge in [-0.3, -0.25) is 0 Å². The van der Waals surface area contributed by atoms with Gasteiger partial charge in [-0.25, -0.2) is 14.2 Å². The second kappa shape index (κ2) is 5.09. The first kappa shape index (κ1) is 11.8. The van der Waals surface area contributed by atoms with E-state index in [1.165, 1.54) is 6.20 Å². The van der Waals surface area contributed by atoms with E-state index in [0.717, 1.165) is 18.9 Å². The van der Waals surface area contributed by atoms with Gasteiger partial charge in [-0.05, 0) is 18.9 Å². The topological polar surface area (TPSA) is 71.5 Å². The highest BCUT2D eigenvalue weighted by Gasteiger charge is 2.19. The second-order valence-electron chi connectivity index (χ2n) is 3.86. The van der Waals surface area contributed by atoms with Gasteiger partial charge in [0.05, 0.1) is 0 Å². The Morgan fingerprint density at radius 2 is 2.24 bits per heavy atom. The molecule has 2 heterocycles. The van der Waals surface area contributed by atoms with Crippen LogP contribution in [0.15, 0.2) is 12.3 Å². The number of rotatable bonds is 3. The van der Waals surface area contributed by atoms with Gasteiger partial charge >= 0.3 is 5.97 Å². The highest BCUT2D eigenvalue weighted by atomic mass is 19.1. The molecule has 1 aliphatic rings. The fraction of sp³-hybridized carbons (Fsp3) is 0.455. The number of carbonyl (C=O) groups is 1. The zero-order valence-corrected chi connectivity index (χ0v) is 9.15. The summed E-state index contributed by atoms with van der Waals surface area (Å²) < 4.78 is 18.9. The molecule has 0 amide bonds. The standard InChI is InChI=1S/C11H13FN2O3/c12-9-8(11(15)16)1-4-13-10(9)14-7-2-5-17-6-3-7/h1,4,7H,2-3,5-6H2,(H,13,14)(H,15,16). The Bertz CT molecular complexity index is 419. The van der Waals surface area contributed by atoms with E-state index in [4.69, 9.17) is 9.84 Å². The molecule has 0 aliphatic carbocycles. The number of pyridine rings is 1. The molecule has 0 unspecified atom stereocenters. The first-order valence-corrected chi connectivity index (χ1v) is 5.40. The Morgan fingerprint density at radius 1 is 1.53 bits per heavy atom. The number of anilines is 1. The average molecular weight is 240 g/mol. The van der Waals surface area contributed by atoms with Gasteiger partial charge in [-0.2, -0.15) is 0 Å². The molecule has 17 heavy (non-hydrogen) atoms. The summed E-state index contributed by atoms with van der Waals surface area (Å²) in [7, 11) is 0. The monoisotopic (exact) mass is 240 g/mol. The third-order valence-electron chi connectivity index (χ3n) is 2.68. The van der Waals surface area contributed by atoms with Crippen LogP contribution < -0.4 is 5.32 Å². The molecular formula is C11H13FN2O3. The molecule has 0 atom stereocenters. The number of ether oxygens (including phenoxy) is 1. The number of halogens is 1. The summed E-state index contributed by atoms with van der Waals surface area (Å²) in [6, 6.07) is 1.22. The van der Waals surface area contributed by atoms with Crippen LogP contribution in [0.1, 0.15) is 23.2 Å². The summed E-state index contributed by atoms with van der Waals surface area (Å²) in [5.74, 6) is -2.11. The molecule has 0 radical (unpaired) electrons. The number of hydrogen-bond donors (Lipinski definition) is 2. The quantitative estimate of drug-likeness (QED) is 0.837. The van der Waals surface area contributed by atoms with Gasteiger partial charge in [0.15, 0.2) is 11.6 Å². The van der Waals surface area contributed by atoms with Gasteiger partial charge in [0, 0.05) is 25.5 Å². The van der Waals surface area contributed by atoms with Crippen LogP contribution in [0.25, 0.3) is 0 Å². The van der Waals surface area contributed by atoms with Crippen LogP contribution >= 0.6 is 0 Å². The van der Waals surface area contributed by atoms with Gasteiger partial charge < -0.3 is 15.2 Å². The molecule has 1 saturated heterocycles. The molecule has 1 aromatic rings. The molecule has 0 saturated carbocycles. The van der Waals surface area contributed by atoms with E-state index in [1.807, 2.05) is 0 Å². The lowest BCUT2D eigenvalue weighted by Crippen LogP contribution is -2.28. The molecule has 0 spiro atoms. The number of carboxylic acids is 1. The molecule has 1 aliphatic heterocycles. The van der Waals surface area contributed by atoms with Gasteiger partial charge in [-0.15, -0.1) is 0 Å². The molecule has 0 aromatic carbocycles. The third-order valence-corrected chi connectivity index (χ3v) is 2.68. The molecule has 5 nitrogen and oxygen atoms in total. The van der Waals surface area contributed by atoms with E-state index < -0.39 is 11.8 Å². The van der Waals surface area contributed by atoms with Crippen LogP contribution in [0.3, 0.4) is 0 Å². The lowest BCUT2D eigenvalue weighted by atomic mass is 10.1. The molecule has 92 valence electrons. The Balaban J connectivity index is 2.15. The van der Waals surface area contributed by atoms with Crippen molar-refractivity contribution in [3.63, 3.8) is 0 Å². The van der Waals surface area contributed by atoms with Gasteiger partial charge in [-0.1, -0.05) is 0 Å². The smallest absolute Gasteiger partial charge is 0.338 e. The number of hydrogen-bond acceptors (Lipinski definition) is 4. The summed E-state index contributed by atoms with van der Waals surface area (Å²) in [4.78, 5) is 14.6. The molecule has 0 bridgehead atoms. The number of carboxylic acid groups (broad SMARTS) is 1. The fourth-order valence-corrected chi connectivity index (χ4v) is 1.74. The second-order valence-corrected chi connectivity index (χ2v) is 3.86. The van der Waals surface area contributed by atoms with Crippen molar-refractivity contribution in [1.82, 2.24) is 4.98 Å². The lowest BCUT2D eigenvalue weighted by Gasteiger charge is -2.23. The minimum absolute atomic E-state index is 0.00296. The number of nitrogens with zero attached hydrogens (tertiary/aromatic N) is 1. The minimum Gasteiger partial charge on any atom is -0.478 e. The normalized spacial score (nSPS) is 16.8. The maximum atomic E-state index is 13.7. The zero-order chi connectivity index (χ0) is 12.3. The predicted octanol–water partition coefficient (Wildman–Crippen LogP) is 1.51. The van der Waals surface area contributed by atoms with Crippen LogP contribution in [0.4, 0.5) is 10.2 Å². The largest absolute Gasteiger partial charge is 0.478 e. The van der Waals surface area contributed by atoms with E-state index in [-0.39, 0.29) is 17.4 Å². The first-order valence-electron chi connectivity index (χ1n) is 5.40. The molecule has 1 aromatic heterocycles. The van der Waals surface area contributed by atoms with E-state index in [2.05, 4.69) is 10.3 Å². The van der Waals surface area contributed by atoms with Crippen molar-refractivity contribution in [3.05, 3.63) is 23.6 Å². The number of aromatic carboxylic acids is 1. The van der Waals surface area contributed by atoms with Gasteiger partial charge in [0.2, 0.25) is 0 Å². The number of nitrogens with one attached hydrogen (secondary N) is 1. The average Bonchev–Trinajstić information content (AvgIpc) is 2.33. The van der Waals surface area contributed by atoms with Crippen molar-refractivity contribution < 1.29 is 19.0 Å². The predicted molar refractivity (Wildman–Crippen MR) is 58.6 cm³/mol. The van der Waals surface area contributed by atoms with Gasteiger partial charge in [0.1, 0.15) is 5.56 Å². The fourth-order valence-electron chi connectivity index (χ4n) is 1.74. The van der Waals surface area contributed by atoms with E-state index in [1.54, 1.807) is 0 Å². The van der Waals surface area contributed by atoms with E-state index in [0.29, 0.717) is 13.2 Å². The van der Waals surface area contributed by atoms with Crippen molar-refractivity contribution in [2.75, 3.05) is 18.5 Å². The van der Waals surface area contributed by atoms with Crippen LogP contribution in [-0.4, -0.2) is 35.3 Å².